The number of halogens is 1. The first kappa shape index (κ1) is 24.5. The molecule has 0 amide bonds. The predicted molar refractivity (Wildman–Crippen MR) is 149 cm³/mol. The van der Waals surface area contributed by atoms with E-state index < -0.39 is 5.82 Å². The maximum Gasteiger partial charge on any atom is 0.196 e. The maximum atomic E-state index is 14.6. The van der Waals surface area contributed by atoms with E-state index in [1.54, 1.807) is 6.07 Å². The topological polar surface area (TPSA) is 86.1 Å². The highest BCUT2D eigenvalue weighted by atomic mass is 32.2. The summed E-state index contributed by atoms with van der Waals surface area (Å²) in [4.78, 5) is 32.4. The number of amidine groups is 1. The summed E-state index contributed by atoms with van der Waals surface area (Å²) >= 11 is 1.45. The van der Waals surface area contributed by atoms with E-state index in [0.29, 0.717) is 23.1 Å². The molecule has 2 saturated heterocycles. The third-order valence-corrected chi connectivity index (χ3v) is 7.74. The van der Waals surface area contributed by atoms with Gasteiger partial charge < -0.3 is 9.80 Å². The largest absolute Gasteiger partial charge is 0.371 e. The number of Topliss-reactive ketones (excluding diaryl/α,β-unsaturated/α-hetero) is 1. The second-order valence-electron chi connectivity index (χ2n) is 9.72. The van der Waals surface area contributed by atoms with E-state index in [1.165, 1.54) is 17.8 Å². The molecule has 0 atom stereocenters. The Morgan fingerprint density at radius 1 is 1.05 bits per heavy atom. The summed E-state index contributed by atoms with van der Waals surface area (Å²) in [5.41, 5.74) is 5.66. The fourth-order valence-electron chi connectivity index (χ4n) is 4.56. The molecule has 1 N–H and O–H groups in total. The van der Waals surface area contributed by atoms with Gasteiger partial charge in [-0.2, -0.15) is 5.10 Å². The molecule has 4 heterocycles. The average molecular weight is 530 g/mol. The molecule has 0 radical (unpaired) electrons. The number of rotatable bonds is 8. The van der Waals surface area contributed by atoms with Crippen LogP contribution in [0.3, 0.4) is 0 Å². The monoisotopic (exact) mass is 529 g/mol. The number of nitrogens with one attached hydrogen (secondary N) is 1. The number of ketones is 1. The summed E-state index contributed by atoms with van der Waals surface area (Å²) in [7, 11) is 0. The van der Waals surface area contributed by atoms with Crippen molar-refractivity contribution in [2.75, 3.05) is 36.0 Å². The first-order valence-electron chi connectivity index (χ1n) is 12.9. The minimum atomic E-state index is -0.459. The van der Waals surface area contributed by atoms with E-state index >= 15 is 0 Å². The van der Waals surface area contributed by atoms with Gasteiger partial charge in [0.2, 0.25) is 0 Å². The zero-order valence-corrected chi connectivity index (χ0v) is 22.0. The van der Waals surface area contributed by atoms with Crippen LogP contribution in [-0.4, -0.2) is 53.5 Å². The normalized spacial score (nSPS) is 17.6. The quantitative estimate of drug-likeness (QED) is 0.324. The molecule has 3 aliphatic rings. The molecule has 0 saturated carbocycles. The minimum absolute atomic E-state index is 0.143. The summed E-state index contributed by atoms with van der Waals surface area (Å²) in [6.07, 6.45) is 3.04. The fraction of sp³-hybridized carbons (Fsp3) is 0.321. The highest BCUT2D eigenvalue weighted by molar-refractivity contribution is 7.99. The molecule has 0 bridgehead atoms. The van der Waals surface area contributed by atoms with E-state index in [9.17, 15) is 9.18 Å². The molecule has 8 nitrogen and oxygen atoms in total. The lowest BCUT2D eigenvalue weighted by Crippen LogP contribution is -2.38. The van der Waals surface area contributed by atoms with Gasteiger partial charge in [0, 0.05) is 55.7 Å². The number of hydrogen-bond donors (Lipinski definition) is 1. The molecule has 0 aliphatic carbocycles. The Morgan fingerprint density at radius 2 is 1.82 bits per heavy atom. The van der Waals surface area contributed by atoms with Gasteiger partial charge >= 0.3 is 0 Å². The number of aliphatic imine (C=N–C) groups is 1. The first-order chi connectivity index (χ1) is 18.5. The standard InChI is InChI=1S/C28H28FN7OS/c1-18-15-25(34-33-18)30-24-17-26(36-13-4-14-36)32-28(31-24)38-20-9-7-19(8-10-20)16-23(37)27-21(29)5-2-6-22(27)35-11-3-12-35/h2,5-10,17H,3-4,11-16H2,1H3,(H,30,31,32,34). The van der Waals surface area contributed by atoms with Gasteiger partial charge in [0.1, 0.15) is 17.5 Å². The van der Waals surface area contributed by atoms with Crippen molar-refractivity contribution in [3.8, 4) is 0 Å². The van der Waals surface area contributed by atoms with Crippen LogP contribution in [0, 0.1) is 5.82 Å². The smallest absolute Gasteiger partial charge is 0.196 e. The van der Waals surface area contributed by atoms with Gasteiger partial charge in [-0.05, 0) is 61.4 Å². The van der Waals surface area contributed by atoms with Crippen molar-refractivity contribution in [3.63, 3.8) is 0 Å². The van der Waals surface area contributed by atoms with Crippen LogP contribution >= 0.6 is 11.8 Å². The van der Waals surface area contributed by atoms with Crippen molar-refractivity contribution in [3.05, 3.63) is 65.5 Å². The number of nitrogens with zero attached hydrogens (tertiary/aromatic N) is 6. The molecule has 2 aromatic carbocycles. The summed E-state index contributed by atoms with van der Waals surface area (Å²) in [5, 5.41) is 4.80. The number of hydrogen-bond acceptors (Lipinski definition) is 8. The summed E-state index contributed by atoms with van der Waals surface area (Å²) < 4.78 is 14.6. The highest BCUT2D eigenvalue weighted by Crippen LogP contribution is 2.32. The molecule has 194 valence electrons. The molecular formula is C28H28FN7OS. The zero-order chi connectivity index (χ0) is 26.1. The lowest BCUT2D eigenvalue weighted by Gasteiger charge is -2.34. The SMILES string of the molecule is CC1=NNC(=Nc2cc(N3CCC3)nc(Sc3ccc(CC(=O)c4c(F)cccc4N4CCC4)cc3)n2)C1. The van der Waals surface area contributed by atoms with Crippen molar-refractivity contribution in [1.29, 1.82) is 0 Å². The Balaban J connectivity index is 1.18. The van der Waals surface area contributed by atoms with Gasteiger partial charge in [-0.3, -0.25) is 10.2 Å². The van der Waals surface area contributed by atoms with Crippen LogP contribution in [0.15, 0.2) is 68.7 Å². The van der Waals surface area contributed by atoms with E-state index in [0.717, 1.165) is 66.8 Å². The summed E-state index contributed by atoms with van der Waals surface area (Å²) in [5.74, 6) is 1.57. The van der Waals surface area contributed by atoms with Crippen LogP contribution in [0.5, 0.6) is 0 Å². The summed E-state index contributed by atoms with van der Waals surface area (Å²) in [6, 6.07) is 14.5. The molecule has 10 heteroatoms. The Hall–Kier alpha value is -3.79. The van der Waals surface area contributed by atoms with Crippen molar-refractivity contribution < 1.29 is 9.18 Å². The Bertz CT molecular complexity index is 1430. The molecule has 0 unspecified atom stereocenters. The zero-order valence-electron chi connectivity index (χ0n) is 21.2. The van der Waals surface area contributed by atoms with Gasteiger partial charge in [-0.1, -0.05) is 18.2 Å². The van der Waals surface area contributed by atoms with Gasteiger partial charge in [0.15, 0.2) is 16.8 Å². The Morgan fingerprint density at radius 3 is 2.47 bits per heavy atom. The maximum absolute atomic E-state index is 14.6. The third kappa shape index (κ3) is 5.26. The molecule has 2 fully saturated rings. The van der Waals surface area contributed by atoms with Gasteiger partial charge in [0.05, 0.1) is 11.3 Å². The highest BCUT2D eigenvalue weighted by Gasteiger charge is 2.24. The van der Waals surface area contributed by atoms with Crippen LogP contribution in [0.1, 0.15) is 42.1 Å². The third-order valence-electron chi connectivity index (χ3n) is 6.87. The predicted octanol–water partition coefficient (Wildman–Crippen LogP) is 5.01. The lowest BCUT2D eigenvalue weighted by molar-refractivity contribution is 0.0989. The fourth-order valence-corrected chi connectivity index (χ4v) is 5.32. The first-order valence-corrected chi connectivity index (χ1v) is 13.7. The lowest BCUT2D eigenvalue weighted by atomic mass is 9.99. The number of anilines is 2. The van der Waals surface area contributed by atoms with Crippen LogP contribution in [0.25, 0.3) is 0 Å². The second kappa shape index (κ2) is 10.5. The van der Waals surface area contributed by atoms with Gasteiger partial charge in [-0.15, -0.1) is 0 Å². The van der Waals surface area contributed by atoms with Gasteiger partial charge in [-0.25, -0.2) is 19.4 Å². The van der Waals surface area contributed by atoms with Crippen LogP contribution in [0.4, 0.5) is 21.7 Å². The van der Waals surface area contributed by atoms with E-state index in [2.05, 4.69) is 30.3 Å². The molecule has 6 rings (SSSR count). The minimum Gasteiger partial charge on any atom is -0.371 e. The molecule has 0 spiro atoms. The van der Waals surface area contributed by atoms with Crippen molar-refractivity contribution in [2.45, 2.75) is 42.7 Å². The van der Waals surface area contributed by atoms with Crippen molar-refractivity contribution >= 4 is 46.4 Å². The van der Waals surface area contributed by atoms with Crippen LogP contribution < -0.4 is 15.2 Å². The number of carbonyl (C=O) groups excluding carboxylic acids is 1. The average Bonchev–Trinajstić information content (AvgIpc) is 3.22. The summed E-state index contributed by atoms with van der Waals surface area (Å²) in [6.45, 7) is 5.62. The van der Waals surface area contributed by atoms with Crippen LogP contribution in [-0.2, 0) is 6.42 Å². The number of carbonyl (C=O) groups is 1. The number of hydrazone groups is 1. The molecule has 3 aliphatic heterocycles. The van der Waals surface area contributed by atoms with E-state index in [-0.39, 0.29) is 17.8 Å². The van der Waals surface area contributed by atoms with Crippen molar-refractivity contribution in [1.82, 2.24) is 15.4 Å². The molecule has 3 aromatic rings. The van der Waals surface area contributed by atoms with Crippen molar-refractivity contribution in [2.24, 2.45) is 10.1 Å². The number of benzene rings is 2. The van der Waals surface area contributed by atoms with E-state index in [4.69, 9.17) is 4.98 Å². The number of aromatic nitrogens is 2. The molecular weight excluding hydrogens is 501 g/mol. The van der Waals surface area contributed by atoms with E-state index in [1.807, 2.05) is 43.3 Å². The Labute approximate surface area is 225 Å². The second-order valence-corrected chi connectivity index (χ2v) is 10.8. The molecule has 1 aromatic heterocycles. The van der Waals surface area contributed by atoms with Crippen LogP contribution in [0.2, 0.25) is 0 Å². The Kier molecular flexibility index (Phi) is 6.80. The van der Waals surface area contributed by atoms with Gasteiger partial charge in [0.25, 0.3) is 0 Å². The molecule has 38 heavy (non-hydrogen) atoms.